The van der Waals surface area contributed by atoms with Gasteiger partial charge in [0.25, 0.3) is 0 Å². The van der Waals surface area contributed by atoms with E-state index in [4.69, 9.17) is 5.73 Å². The topological polar surface area (TPSA) is 72.2 Å². The molecule has 3 N–H and O–H groups in total. The zero-order valence-electron chi connectivity index (χ0n) is 10.2. The van der Waals surface area contributed by atoms with Gasteiger partial charge in [0.2, 0.25) is 0 Å². The van der Waals surface area contributed by atoms with E-state index >= 15 is 0 Å². The van der Waals surface area contributed by atoms with Gasteiger partial charge in [-0.25, -0.2) is 8.42 Å². The number of hydrogen-bond acceptors (Lipinski definition) is 4. The van der Waals surface area contributed by atoms with Gasteiger partial charge in [0.1, 0.15) is 0 Å². The van der Waals surface area contributed by atoms with E-state index in [2.05, 4.69) is 21.2 Å². The van der Waals surface area contributed by atoms with Gasteiger partial charge in [-0.05, 0) is 36.4 Å². The molecule has 0 fully saturated rings. The van der Waals surface area contributed by atoms with Crippen LogP contribution in [-0.4, -0.2) is 14.7 Å². The van der Waals surface area contributed by atoms with E-state index in [1.807, 2.05) is 24.3 Å². The summed E-state index contributed by atoms with van der Waals surface area (Å²) in [6.45, 7) is 0. The minimum absolute atomic E-state index is 0.213. The van der Waals surface area contributed by atoms with Crippen LogP contribution in [0.4, 0.5) is 17.1 Å². The van der Waals surface area contributed by atoms with Crippen molar-refractivity contribution < 1.29 is 8.42 Å². The maximum Gasteiger partial charge on any atom is 0.175 e. The predicted octanol–water partition coefficient (Wildman–Crippen LogP) is 3.18. The number of halogens is 1. The zero-order chi connectivity index (χ0) is 14.0. The van der Waals surface area contributed by atoms with Crippen LogP contribution in [0.2, 0.25) is 0 Å². The fourth-order valence-corrected chi connectivity index (χ4v) is 2.66. The highest BCUT2D eigenvalue weighted by Gasteiger charge is 2.09. The van der Waals surface area contributed by atoms with Crippen molar-refractivity contribution in [3.8, 4) is 0 Å². The Kier molecular flexibility index (Phi) is 3.82. The lowest BCUT2D eigenvalue weighted by Gasteiger charge is -2.10. The van der Waals surface area contributed by atoms with E-state index in [0.29, 0.717) is 11.4 Å². The van der Waals surface area contributed by atoms with Gasteiger partial charge >= 0.3 is 0 Å². The molecule has 100 valence electrons. The number of sulfone groups is 1. The molecule has 2 rings (SSSR count). The SMILES string of the molecule is CS(=O)(=O)c1ccc(Nc2cccc(Br)c2)c(N)c1. The molecule has 6 heteroatoms. The van der Waals surface area contributed by atoms with Crippen molar-refractivity contribution in [2.45, 2.75) is 4.90 Å². The second kappa shape index (κ2) is 5.22. The van der Waals surface area contributed by atoms with Crippen LogP contribution in [0.15, 0.2) is 51.8 Å². The van der Waals surface area contributed by atoms with Crippen LogP contribution in [0.1, 0.15) is 0 Å². The quantitative estimate of drug-likeness (QED) is 0.841. The molecule has 2 aromatic carbocycles. The van der Waals surface area contributed by atoms with Crippen molar-refractivity contribution in [1.82, 2.24) is 0 Å². The van der Waals surface area contributed by atoms with Crippen molar-refractivity contribution in [2.75, 3.05) is 17.3 Å². The Morgan fingerprint density at radius 3 is 2.47 bits per heavy atom. The summed E-state index contributed by atoms with van der Waals surface area (Å²) in [7, 11) is -3.24. The second-order valence-electron chi connectivity index (χ2n) is 4.16. The molecule has 0 atom stereocenters. The average Bonchev–Trinajstić information content (AvgIpc) is 2.30. The summed E-state index contributed by atoms with van der Waals surface area (Å²) in [6.07, 6.45) is 1.16. The molecule has 0 spiro atoms. The monoisotopic (exact) mass is 340 g/mol. The third-order valence-corrected chi connectivity index (χ3v) is 4.16. The minimum Gasteiger partial charge on any atom is -0.397 e. The van der Waals surface area contributed by atoms with Crippen molar-refractivity contribution in [2.24, 2.45) is 0 Å². The van der Waals surface area contributed by atoms with Crippen LogP contribution in [0.25, 0.3) is 0 Å². The average molecular weight is 341 g/mol. The number of nitrogens with one attached hydrogen (secondary N) is 1. The van der Waals surface area contributed by atoms with Crippen LogP contribution in [0.3, 0.4) is 0 Å². The highest BCUT2D eigenvalue weighted by molar-refractivity contribution is 9.10. The van der Waals surface area contributed by atoms with Crippen molar-refractivity contribution in [3.63, 3.8) is 0 Å². The molecule has 4 nitrogen and oxygen atoms in total. The molecule has 0 radical (unpaired) electrons. The summed E-state index contributed by atoms with van der Waals surface area (Å²) in [6, 6.07) is 12.3. The van der Waals surface area contributed by atoms with Crippen LogP contribution in [-0.2, 0) is 9.84 Å². The summed E-state index contributed by atoms with van der Waals surface area (Å²) in [5, 5.41) is 3.14. The third-order valence-electron chi connectivity index (χ3n) is 2.55. The molecule has 0 aliphatic carbocycles. The second-order valence-corrected chi connectivity index (χ2v) is 7.09. The predicted molar refractivity (Wildman–Crippen MR) is 81.4 cm³/mol. The fourth-order valence-electron chi connectivity index (χ4n) is 1.61. The van der Waals surface area contributed by atoms with Gasteiger partial charge in [0.15, 0.2) is 9.84 Å². The smallest absolute Gasteiger partial charge is 0.175 e. The molecule has 0 aromatic heterocycles. The van der Waals surface area contributed by atoms with Gasteiger partial charge in [0, 0.05) is 16.4 Å². The number of anilines is 3. The Morgan fingerprint density at radius 2 is 1.89 bits per heavy atom. The molecule has 19 heavy (non-hydrogen) atoms. The molecule has 0 unspecified atom stereocenters. The molecule has 0 saturated heterocycles. The van der Waals surface area contributed by atoms with E-state index in [-0.39, 0.29) is 4.90 Å². The molecule has 0 saturated carbocycles. The van der Waals surface area contributed by atoms with E-state index in [1.54, 1.807) is 6.07 Å². The molecule has 0 aliphatic heterocycles. The summed E-state index contributed by atoms with van der Waals surface area (Å²) in [4.78, 5) is 0.213. The van der Waals surface area contributed by atoms with E-state index in [1.165, 1.54) is 12.1 Å². The Bertz CT molecular complexity index is 714. The van der Waals surface area contributed by atoms with E-state index in [0.717, 1.165) is 16.4 Å². The highest BCUT2D eigenvalue weighted by atomic mass is 79.9. The molecule has 0 amide bonds. The third kappa shape index (κ3) is 3.48. The maximum absolute atomic E-state index is 11.4. The van der Waals surface area contributed by atoms with Crippen LogP contribution >= 0.6 is 15.9 Å². The summed E-state index contributed by atoms with van der Waals surface area (Å²) >= 11 is 3.38. The van der Waals surface area contributed by atoms with Crippen molar-refractivity contribution >= 4 is 42.8 Å². The molecule has 2 aromatic rings. The Labute approximate surface area is 120 Å². The first kappa shape index (κ1) is 13.9. The Morgan fingerprint density at radius 1 is 1.16 bits per heavy atom. The first-order chi connectivity index (χ1) is 8.86. The van der Waals surface area contributed by atoms with Crippen LogP contribution in [0, 0.1) is 0 Å². The largest absolute Gasteiger partial charge is 0.397 e. The fraction of sp³-hybridized carbons (Fsp3) is 0.0769. The Hall–Kier alpha value is -1.53. The summed E-state index contributed by atoms with van der Waals surface area (Å²) in [5.74, 6) is 0. The highest BCUT2D eigenvalue weighted by Crippen LogP contribution is 2.27. The lowest BCUT2D eigenvalue weighted by molar-refractivity contribution is 0.602. The van der Waals surface area contributed by atoms with Crippen LogP contribution < -0.4 is 11.1 Å². The van der Waals surface area contributed by atoms with Gasteiger partial charge in [-0.2, -0.15) is 0 Å². The van der Waals surface area contributed by atoms with Gasteiger partial charge in [-0.1, -0.05) is 22.0 Å². The zero-order valence-corrected chi connectivity index (χ0v) is 12.6. The first-order valence-corrected chi connectivity index (χ1v) is 8.17. The molecule has 0 aliphatic rings. The molecule has 0 heterocycles. The normalized spacial score (nSPS) is 11.3. The maximum atomic E-state index is 11.4. The van der Waals surface area contributed by atoms with Gasteiger partial charge in [-0.3, -0.25) is 0 Å². The Balaban J connectivity index is 2.32. The number of hydrogen-bond donors (Lipinski definition) is 2. The molecule has 0 bridgehead atoms. The lowest BCUT2D eigenvalue weighted by atomic mass is 10.2. The summed E-state index contributed by atoms with van der Waals surface area (Å²) in [5.41, 5.74) is 7.80. The number of nitrogens with two attached hydrogens (primary N) is 1. The number of benzene rings is 2. The molecular weight excluding hydrogens is 328 g/mol. The van der Waals surface area contributed by atoms with Gasteiger partial charge in [-0.15, -0.1) is 0 Å². The van der Waals surface area contributed by atoms with E-state index in [9.17, 15) is 8.42 Å². The molecular formula is C13H13BrN2O2S. The van der Waals surface area contributed by atoms with Crippen molar-refractivity contribution in [1.29, 1.82) is 0 Å². The summed E-state index contributed by atoms with van der Waals surface area (Å²) < 4.78 is 23.8. The first-order valence-electron chi connectivity index (χ1n) is 5.48. The van der Waals surface area contributed by atoms with Crippen molar-refractivity contribution in [3.05, 3.63) is 46.9 Å². The van der Waals surface area contributed by atoms with Gasteiger partial charge < -0.3 is 11.1 Å². The minimum atomic E-state index is -3.24. The van der Waals surface area contributed by atoms with Crippen LogP contribution in [0.5, 0.6) is 0 Å². The standard InChI is InChI=1S/C13H13BrN2O2S/c1-19(17,18)11-5-6-13(12(15)8-11)16-10-4-2-3-9(14)7-10/h2-8,16H,15H2,1H3. The lowest BCUT2D eigenvalue weighted by Crippen LogP contribution is -2.01. The van der Waals surface area contributed by atoms with E-state index < -0.39 is 9.84 Å². The number of nitrogen functional groups attached to an aromatic ring is 1. The van der Waals surface area contributed by atoms with Gasteiger partial charge in [0.05, 0.1) is 16.3 Å². The number of rotatable bonds is 3.